The van der Waals surface area contributed by atoms with Gasteiger partial charge >= 0.3 is 0 Å². The molecule has 2 aliphatic heterocycles. The van der Waals surface area contributed by atoms with Crippen LogP contribution < -0.4 is 5.32 Å². The van der Waals surface area contributed by atoms with Gasteiger partial charge in [0, 0.05) is 45.1 Å². The lowest BCUT2D eigenvalue weighted by Crippen LogP contribution is -2.54. The van der Waals surface area contributed by atoms with E-state index >= 15 is 0 Å². The molecule has 2 aliphatic rings. The highest BCUT2D eigenvalue weighted by atomic mass is 35.5. The summed E-state index contributed by atoms with van der Waals surface area (Å²) >= 11 is 0. The van der Waals surface area contributed by atoms with E-state index in [1.54, 1.807) is 21.0 Å². The van der Waals surface area contributed by atoms with Crippen molar-refractivity contribution in [3.63, 3.8) is 0 Å². The first-order chi connectivity index (χ1) is 10.2. The van der Waals surface area contributed by atoms with E-state index < -0.39 is 10.2 Å². The number of rotatable bonds is 3. The Bertz CT molecular complexity index is 563. The lowest BCUT2D eigenvalue weighted by Gasteiger charge is -2.39. The van der Waals surface area contributed by atoms with Crippen LogP contribution in [-0.2, 0) is 10.2 Å². The van der Waals surface area contributed by atoms with Crippen molar-refractivity contribution in [2.75, 3.05) is 32.7 Å². The average molecular weight is 347 g/mol. The van der Waals surface area contributed by atoms with Crippen molar-refractivity contribution in [2.45, 2.75) is 25.3 Å². The van der Waals surface area contributed by atoms with Crippen LogP contribution in [-0.4, -0.2) is 54.7 Å². The molecular weight excluding hydrogens is 324 g/mol. The summed E-state index contributed by atoms with van der Waals surface area (Å²) in [5.74, 6) is 0. The molecule has 2 saturated heterocycles. The van der Waals surface area contributed by atoms with E-state index in [4.69, 9.17) is 0 Å². The Morgan fingerprint density at radius 3 is 2.64 bits per heavy atom. The van der Waals surface area contributed by atoms with Crippen LogP contribution >= 0.6 is 12.4 Å². The Morgan fingerprint density at radius 1 is 1.18 bits per heavy atom. The highest BCUT2D eigenvalue weighted by Gasteiger charge is 2.37. The maximum atomic E-state index is 12.9. The molecule has 0 aromatic carbocycles. The fourth-order valence-corrected chi connectivity index (χ4v) is 4.92. The number of piperazine rings is 1. The second-order valence-corrected chi connectivity index (χ2v) is 7.47. The summed E-state index contributed by atoms with van der Waals surface area (Å²) in [5.41, 5.74) is 0.949. The SMILES string of the molecule is Cl.O=S(=O)(N1CCCCC1)N1CCNCC1c1cccnc1. The normalized spacial score (nSPS) is 24.6. The standard InChI is InChI=1S/C14H22N4O2S.ClH/c19-21(20,17-8-2-1-3-9-17)18-10-7-16-12-14(18)13-5-4-6-15-11-13;/h4-6,11,14,16H,1-3,7-10,12H2;1H. The molecule has 1 aromatic heterocycles. The van der Waals surface area contributed by atoms with E-state index in [9.17, 15) is 8.42 Å². The number of aromatic nitrogens is 1. The zero-order chi connectivity index (χ0) is 14.7. The van der Waals surface area contributed by atoms with Crippen LogP contribution in [0.1, 0.15) is 30.9 Å². The number of pyridine rings is 1. The van der Waals surface area contributed by atoms with Gasteiger partial charge in [-0.1, -0.05) is 12.5 Å². The molecule has 22 heavy (non-hydrogen) atoms. The molecule has 0 radical (unpaired) electrons. The van der Waals surface area contributed by atoms with Gasteiger partial charge in [-0.05, 0) is 24.5 Å². The lowest BCUT2D eigenvalue weighted by atomic mass is 10.1. The molecule has 0 aliphatic carbocycles. The predicted molar refractivity (Wildman–Crippen MR) is 88.1 cm³/mol. The van der Waals surface area contributed by atoms with Crippen LogP contribution in [0.15, 0.2) is 24.5 Å². The van der Waals surface area contributed by atoms with Crippen molar-refractivity contribution in [3.8, 4) is 0 Å². The van der Waals surface area contributed by atoms with Gasteiger partial charge in [0.2, 0.25) is 0 Å². The first kappa shape index (κ1) is 17.6. The molecule has 0 spiro atoms. The molecule has 124 valence electrons. The molecule has 0 bridgehead atoms. The van der Waals surface area contributed by atoms with Crippen molar-refractivity contribution in [2.24, 2.45) is 0 Å². The Hall–Kier alpha value is -0.730. The molecule has 3 heterocycles. The number of piperidine rings is 1. The van der Waals surface area contributed by atoms with E-state index in [0.717, 1.165) is 24.8 Å². The second kappa shape index (κ2) is 7.70. The molecular formula is C14H23ClN4O2S. The summed E-state index contributed by atoms with van der Waals surface area (Å²) in [6.45, 7) is 3.14. The number of hydrogen-bond donors (Lipinski definition) is 1. The predicted octanol–water partition coefficient (Wildman–Crippen LogP) is 1.18. The minimum absolute atomic E-state index is 0. The fraction of sp³-hybridized carbons (Fsp3) is 0.643. The van der Waals surface area contributed by atoms with Crippen molar-refractivity contribution in [3.05, 3.63) is 30.1 Å². The van der Waals surface area contributed by atoms with Gasteiger partial charge in [0.25, 0.3) is 10.2 Å². The minimum Gasteiger partial charge on any atom is -0.313 e. The molecule has 1 N–H and O–H groups in total. The van der Waals surface area contributed by atoms with Gasteiger partial charge in [-0.2, -0.15) is 17.0 Å². The maximum absolute atomic E-state index is 12.9. The smallest absolute Gasteiger partial charge is 0.282 e. The molecule has 8 heteroatoms. The third-order valence-corrected chi connectivity index (χ3v) is 6.25. The number of halogens is 1. The Balaban J connectivity index is 0.00000176. The van der Waals surface area contributed by atoms with Crippen LogP contribution in [0, 0.1) is 0 Å². The number of hydrogen-bond acceptors (Lipinski definition) is 4. The molecule has 6 nitrogen and oxygen atoms in total. The Morgan fingerprint density at radius 2 is 1.95 bits per heavy atom. The van der Waals surface area contributed by atoms with Gasteiger partial charge in [-0.15, -0.1) is 12.4 Å². The molecule has 0 amide bonds. The van der Waals surface area contributed by atoms with Crippen molar-refractivity contribution < 1.29 is 8.42 Å². The maximum Gasteiger partial charge on any atom is 0.282 e. The third kappa shape index (κ3) is 3.60. The molecule has 3 rings (SSSR count). The summed E-state index contributed by atoms with van der Waals surface area (Å²) in [6, 6.07) is 3.64. The summed E-state index contributed by atoms with van der Waals surface area (Å²) < 4.78 is 29.1. The molecule has 2 fully saturated rings. The van der Waals surface area contributed by atoms with Crippen LogP contribution in [0.4, 0.5) is 0 Å². The van der Waals surface area contributed by atoms with Crippen LogP contribution in [0.2, 0.25) is 0 Å². The largest absolute Gasteiger partial charge is 0.313 e. The lowest BCUT2D eigenvalue weighted by molar-refractivity contribution is 0.236. The van der Waals surface area contributed by atoms with E-state index in [1.165, 1.54) is 0 Å². The average Bonchev–Trinajstić information content (AvgIpc) is 2.56. The first-order valence-corrected chi connectivity index (χ1v) is 8.97. The van der Waals surface area contributed by atoms with E-state index in [2.05, 4.69) is 10.3 Å². The molecule has 1 unspecified atom stereocenters. The van der Waals surface area contributed by atoms with Crippen molar-refractivity contribution in [1.82, 2.24) is 18.9 Å². The van der Waals surface area contributed by atoms with E-state index in [0.29, 0.717) is 32.7 Å². The van der Waals surface area contributed by atoms with Gasteiger partial charge in [-0.3, -0.25) is 4.98 Å². The van der Waals surface area contributed by atoms with Crippen LogP contribution in [0.5, 0.6) is 0 Å². The van der Waals surface area contributed by atoms with Gasteiger partial charge in [0.15, 0.2) is 0 Å². The molecule has 0 saturated carbocycles. The Kier molecular flexibility index (Phi) is 6.17. The van der Waals surface area contributed by atoms with E-state index in [1.807, 2.05) is 12.1 Å². The van der Waals surface area contributed by atoms with E-state index in [-0.39, 0.29) is 18.4 Å². The highest BCUT2D eigenvalue weighted by molar-refractivity contribution is 7.86. The Labute approximate surface area is 138 Å². The minimum atomic E-state index is -3.38. The first-order valence-electron chi connectivity index (χ1n) is 7.57. The third-order valence-electron chi connectivity index (χ3n) is 4.20. The quantitative estimate of drug-likeness (QED) is 0.892. The van der Waals surface area contributed by atoms with Crippen molar-refractivity contribution in [1.29, 1.82) is 0 Å². The van der Waals surface area contributed by atoms with Crippen LogP contribution in [0.3, 0.4) is 0 Å². The van der Waals surface area contributed by atoms with Gasteiger partial charge in [0.05, 0.1) is 6.04 Å². The van der Waals surface area contributed by atoms with Crippen LogP contribution in [0.25, 0.3) is 0 Å². The summed E-state index contributed by atoms with van der Waals surface area (Å²) in [4.78, 5) is 4.13. The molecule has 1 atom stereocenters. The van der Waals surface area contributed by atoms with Crippen molar-refractivity contribution >= 4 is 22.6 Å². The number of nitrogens with one attached hydrogen (secondary N) is 1. The molecule has 1 aromatic rings. The topological polar surface area (TPSA) is 65.5 Å². The zero-order valence-corrected chi connectivity index (χ0v) is 14.2. The number of nitrogens with zero attached hydrogens (tertiary/aromatic N) is 3. The van der Waals surface area contributed by atoms with Gasteiger partial charge < -0.3 is 5.32 Å². The summed E-state index contributed by atoms with van der Waals surface area (Å²) in [6.07, 6.45) is 6.52. The summed E-state index contributed by atoms with van der Waals surface area (Å²) in [7, 11) is -3.38. The summed E-state index contributed by atoms with van der Waals surface area (Å²) in [5, 5.41) is 3.29. The second-order valence-electron chi connectivity index (χ2n) is 5.58. The van der Waals surface area contributed by atoms with Gasteiger partial charge in [0.1, 0.15) is 0 Å². The fourth-order valence-electron chi connectivity index (χ4n) is 3.06. The zero-order valence-electron chi connectivity index (χ0n) is 12.5. The monoisotopic (exact) mass is 346 g/mol. The highest BCUT2D eigenvalue weighted by Crippen LogP contribution is 2.27. The van der Waals surface area contributed by atoms with Gasteiger partial charge in [-0.25, -0.2) is 0 Å².